The Labute approximate surface area is 111 Å². The zero-order chi connectivity index (χ0) is 12.0. The predicted molar refractivity (Wildman–Crippen MR) is 76.0 cm³/mol. The third kappa shape index (κ3) is 3.55. The van der Waals surface area contributed by atoms with Crippen molar-refractivity contribution in [2.75, 3.05) is 19.6 Å². The van der Waals surface area contributed by atoms with Crippen LogP contribution >= 0.6 is 27.3 Å². The molecule has 0 fully saturated rings. The van der Waals surface area contributed by atoms with Gasteiger partial charge in [-0.15, -0.1) is 11.3 Å². The van der Waals surface area contributed by atoms with E-state index in [0.29, 0.717) is 12.6 Å². The molecule has 0 radical (unpaired) electrons. The van der Waals surface area contributed by atoms with E-state index in [0.717, 1.165) is 13.1 Å². The molecule has 0 aliphatic heterocycles. The van der Waals surface area contributed by atoms with E-state index in [1.54, 1.807) is 11.3 Å². The molecule has 0 saturated carbocycles. The Bertz CT molecular complexity index is 295. The van der Waals surface area contributed by atoms with Gasteiger partial charge >= 0.3 is 0 Å². The molecule has 0 aliphatic rings. The molecule has 1 unspecified atom stereocenters. The first-order valence-electron chi connectivity index (χ1n) is 5.91. The highest BCUT2D eigenvalue weighted by atomic mass is 79.9. The van der Waals surface area contributed by atoms with Crippen LogP contribution in [0.3, 0.4) is 0 Å². The summed E-state index contributed by atoms with van der Waals surface area (Å²) in [6, 6.07) is 2.48. The number of nitrogens with zero attached hydrogens (tertiary/aromatic N) is 1. The van der Waals surface area contributed by atoms with Crippen LogP contribution in [0, 0.1) is 0 Å². The SMILES string of the molecule is CCCN(CCC)C(CN)c1sccc1Br. The molecule has 0 aromatic carbocycles. The Balaban J connectivity index is 2.81. The third-order valence-electron chi connectivity index (χ3n) is 2.63. The van der Waals surface area contributed by atoms with E-state index in [4.69, 9.17) is 5.73 Å². The number of halogens is 1. The summed E-state index contributed by atoms with van der Waals surface area (Å²) in [5.41, 5.74) is 5.94. The summed E-state index contributed by atoms with van der Waals surface area (Å²) in [6.45, 7) is 7.39. The lowest BCUT2D eigenvalue weighted by molar-refractivity contribution is 0.204. The van der Waals surface area contributed by atoms with Gasteiger partial charge < -0.3 is 5.73 Å². The molecule has 0 spiro atoms. The average Bonchev–Trinajstić information content (AvgIpc) is 2.67. The van der Waals surface area contributed by atoms with Crippen molar-refractivity contribution in [1.29, 1.82) is 0 Å². The van der Waals surface area contributed by atoms with E-state index in [-0.39, 0.29) is 0 Å². The fourth-order valence-electron chi connectivity index (χ4n) is 1.96. The fraction of sp³-hybridized carbons (Fsp3) is 0.667. The van der Waals surface area contributed by atoms with Gasteiger partial charge in [-0.3, -0.25) is 4.90 Å². The average molecular weight is 305 g/mol. The first-order chi connectivity index (χ1) is 7.74. The van der Waals surface area contributed by atoms with Gasteiger partial charge in [-0.25, -0.2) is 0 Å². The Kier molecular flexibility index (Phi) is 6.58. The number of rotatable bonds is 7. The lowest BCUT2D eigenvalue weighted by Gasteiger charge is -2.30. The summed E-state index contributed by atoms with van der Waals surface area (Å²) < 4.78 is 1.20. The van der Waals surface area contributed by atoms with Crippen LogP contribution in [-0.4, -0.2) is 24.5 Å². The quantitative estimate of drug-likeness (QED) is 0.833. The Morgan fingerprint density at radius 1 is 1.38 bits per heavy atom. The van der Waals surface area contributed by atoms with Crippen molar-refractivity contribution >= 4 is 27.3 Å². The lowest BCUT2D eigenvalue weighted by Crippen LogP contribution is -2.34. The van der Waals surface area contributed by atoms with Gasteiger partial charge in [0.1, 0.15) is 0 Å². The first-order valence-corrected chi connectivity index (χ1v) is 7.58. The smallest absolute Gasteiger partial charge is 0.0575 e. The van der Waals surface area contributed by atoms with Crippen molar-refractivity contribution in [3.63, 3.8) is 0 Å². The highest BCUT2D eigenvalue weighted by Gasteiger charge is 2.20. The molecular weight excluding hydrogens is 284 g/mol. The zero-order valence-electron chi connectivity index (χ0n) is 10.1. The highest BCUT2D eigenvalue weighted by Crippen LogP contribution is 2.32. The number of thiophene rings is 1. The normalized spacial score (nSPS) is 13.3. The molecule has 92 valence electrons. The topological polar surface area (TPSA) is 29.3 Å². The van der Waals surface area contributed by atoms with Gasteiger partial charge in [0.25, 0.3) is 0 Å². The Hall–Kier alpha value is 0.100. The minimum atomic E-state index is 0.370. The summed E-state index contributed by atoms with van der Waals surface area (Å²) >= 11 is 5.40. The molecule has 1 aromatic rings. The molecular formula is C12H21BrN2S. The minimum absolute atomic E-state index is 0.370. The van der Waals surface area contributed by atoms with E-state index in [1.807, 2.05) is 0 Å². The van der Waals surface area contributed by atoms with E-state index in [1.165, 1.54) is 22.2 Å². The van der Waals surface area contributed by atoms with Crippen LogP contribution in [0.1, 0.15) is 37.6 Å². The molecule has 2 N–H and O–H groups in total. The van der Waals surface area contributed by atoms with Crippen LogP contribution in [0.25, 0.3) is 0 Å². The maximum atomic E-state index is 5.94. The molecule has 1 heterocycles. The molecule has 0 amide bonds. The largest absolute Gasteiger partial charge is 0.329 e. The monoisotopic (exact) mass is 304 g/mol. The van der Waals surface area contributed by atoms with Crippen LogP contribution in [0.5, 0.6) is 0 Å². The highest BCUT2D eigenvalue weighted by molar-refractivity contribution is 9.10. The van der Waals surface area contributed by atoms with Crippen molar-refractivity contribution in [3.05, 3.63) is 20.8 Å². The Morgan fingerprint density at radius 3 is 2.38 bits per heavy atom. The van der Waals surface area contributed by atoms with Crippen molar-refractivity contribution < 1.29 is 0 Å². The molecule has 1 rings (SSSR count). The van der Waals surface area contributed by atoms with Crippen molar-refractivity contribution in [2.45, 2.75) is 32.7 Å². The van der Waals surface area contributed by atoms with Gasteiger partial charge in [0.15, 0.2) is 0 Å². The van der Waals surface area contributed by atoms with E-state index in [9.17, 15) is 0 Å². The number of nitrogens with two attached hydrogens (primary N) is 1. The van der Waals surface area contributed by atoms with Crippen molar-refractivity contribution in [3.8, 4) is 0 Å². The maximum absolute atomic E-state index is 5.94. The predicted octanol–water partition coefficient (Wildman–Crippen LogP) is 3.63. The third-order valence-corrected chi connectivity index (χ3v) is 4.61. The second-order valence-electron chi connectivity index (χ2n) is 3.92. The molecule has 1 aromatic heterocycles. The van der Waals surface area contributed by atoms with Crippen LogP contribution in [0.15, 0.2) is 15.9 Å². The molecule has 0 saturated heterocycles. The number of hydrogen-bond donors (Lipinski definition) is 1. The van der Waals surface area contributed by atoms with E-state index >= 15 is 0 Å². The van der Waals surface area contributed by atoms with Gasteiger partial charge in [-0.1, -0.05) is 13.8 Å². The fourth-order valence-corrected chi connectivity index (χ4v) is 3.75. The zero-order valence-corrected chi connectivity index (χ0v) is 12.5. The van der Waals surface area contributed by atoms with Gasteiger partial charge in [0.2, 0.25) is 0 Å². The van der Waals surface area contributed by atoms with Gasteiger partial charge in [0, 0.05) is 15.9 Å². The van der Waals surface area contributed by atoms with Crippen molar-refractivity contribution in [1.82, 2.24) is 4.90 Å². The Morgan fingerprint density at radius 2 is 2.00 bits per heavy atom. The first kappa shape index (κ1) is 14.2. The second kappa shape index (κ2) is 7.43. The summed E-state index contributed by atoms with van der Waals surface area (Å²) in [5, 5.41) is 2.12. The van der Waals surface area contributed by atoms with Crippen LogP contribution < -0.4 is 5.73 Å². The molecule has 16 heavy (non-hydrogen) atoms. The molecule has 2 nitrogen and oxygen atoms in total. The molecule has 0 bridgehead atoms. The van der Waals surface area contributed by atoms with Crippen LogP contribution in [0.4, 0.5) is 0 Å². The summed E-state index contributed by atoms with van der Waals surface area (Å²) in [7, 11) is 0. The minimum Gasteiger partial charge on any atom is -0.329 e. The van der Waals surface area contributed by atoms with E-state index < -0.39 is 0 Å². The van der Waals surface area contributed by atoms with Crippen LogP contribution in [-0.2, 0) is 0 Å². The molecule has 0 aliphatic carbocycles. The number of hydrogen-bond acceptors (Lipinski definition) is 3. The lowest BCUT2D eigenvalue weighted by atomic mass is 10.2. The van der Waals surface area contributed by atoms with E-state index in [2.05, 4.69) is 46.1 Å². The van der Waals surface area contributed by atoms with Gasteiger partial charge in [-0.05, 0) is 53.3 Å². The van der Waals surface area contributed by atoms with Crippen molar-refractivity contribution in [2.24, 2.45) is 5.73 Å². The van der Waals surface area contributed by atoms with Crippen LogP contribution in [0.2, 0.25) is 0 Å². The second-order valence-corrected chi connectivity index (χ2v) is 5.72. The summed E-state index contributed by atoms with van der Waals surface area (Å²) in [5.74, 6) is 0. The molecule has 4 heteroatoms. The maximum Gasteiger partial charge on any atom is 0.0575 e. The standard InChI is InChI=1S/C12H21BrN2S/c1-3-6-15(7-4-2)11(9-14)12-10(13)5-8-16-12/h5,8,11H,3-4,6-7,9,14H2,1-2H3. The van der Waals surface area contributed by atoms with Gasteiger partial charge in [0.05, 0.1) is 6.04 Å². The molecule has 1 atom stereocenters. The van der Waals surface area contributed by atoms with Gasteiger partial charge in [-0.2, -0.15) is 0 Å². The summed E-state index contributed by atoms with van der Waals surface area (Å²) in [6.07, 6.45) is 2.36. The summed E-state index contributed by atoms with van der Waals surface area (Å²) in [4.78, 5) is 3.86.